The van der Waals surface area contributed by atoms with Crippen molar-refractivity contribution >= 4 is 10.9 Å². The number of aromatic amines is 1. The van der Waals surface area contributed by atoms with Crippen molar-refractivity contribution < 1.29 is 4.74 Å². The summed E-state index contributed by atoms with van der Waals surface area (Å²) >= 11 is 0. The van der Waals surface area contributed by atoms with Crippen LogP contribution < -0.4 is 4.74 Å². The van der Waals surface area contributed by atoms with Crippen LogP contribution in [0.15, 0.2) is 24.4 Å². The van der Waals surface area contributed by atoms with E-state index in [1.165, 1.54) is 36.9 Å². The number of rotatable bonds is 4. The van der Waals surface area contributed by atoms with E-state index in [0.717, 1.165) is 24.4 Å². The second-order valence-corrected chi connectivity index (χ2v) is 5.08. The molecule has 3 rings (SSSR count). The predicted octanol–water partition coefficient (Wildman–Crippen LogP) is 3.98. The number of aromatic nitrogens is 1. The van der Waals surface area contributed by atoms with E-state index in [4.69, 9.17) is 4.74 Å². The lowest BCUT2D eigenvalue weighted by molar-refractivity contribution is 0.238. The van der Waals surface area contributed by atoms with Gasteiger partial charge in [-0.25, -0.2) is 0 Å². The Labute approximate surface area is 121 Å². The zero-order chi connectivity index (χ0) is 14.4. The highest BCUT2D eigenvalue weighted by molar-refractivity contribution is 5.84. The SMILES string of the molecule is CC.Cc1c[nH]c2cc(OCCN3CCCC3)ccc12. The molecule has 1 aliphatic rings. The Bertz CT molecular complexity index is 527. The van der Waals surface area contributed by atoms with Crippen molar-refractivity contribution in [2.75, 3.05) is 26.2 Å². The molecule has 0 radical (unpaired) electrons. The number of likely N-dealkylation sites (tertiary alicyclic amines) is 1. The number of nitrogens with one attached hydrogen (secondary N) is 1. The molecule has 3 nitrogen and oxygen atoms in total. The minimum absolute atomic E-state index is 0.783. The fourth-order valence-corrected chi connectivity index (χ4v) is 2.64. The summed E-state index contributed by atoms with van der Waals surface area (Å²) in [5.41, 5.74) is 2.44. The van der Waals surface area contributed by atoms with E-state index in [1.807, 2.05) is 20.0 Å². The molecule has 110 valence electrons. The zero-order valence-corrected chi connectivity index (χ0v) is 12.9. The normalized spacial score (nSPS) is 15.2. The van der Waals surface area contributed by atoms with Crippen molar-refractivity contribution in [1.29, 1.82) is 0 Å². The molecule has 1 saturated heterocycles. The summed E-state index contributed by atoms with van der Waals surface area (Å²) in [4.78, 5) is 5.74. The Morgan fingerprint density at radius 2 is 1.95 bits per heavy atom. The Morgan fingerprint density at radius 3 is 2.70 bits per heavy atom. The molecule has 2 heterocycles. The first-order valence-electron chi connectivity index (χ1n) is 7.76. The quantitative estimate of drug-likeness (QED) is 0.913. The van der Waals surface area contributed by atoms with E-state index in [0.29, 0.717) is 0 Å². The third-order valence-corrected chi connectivity index (χ3v) is 3.73. The average Bonchev–Trinajstić information content (AvgIpc) is 3.12. The summed E-state index contributed by atoms with van der Waals surface area (Å²) in [5, 5.41) is 1.28. The van der Waals surface area contributed by atoms with E-state index in [-0.39, 0.29) is 0 Å². The number of H-pyrrole nitrogens is 1. The summed E-state index contributed by atoms with van der Waals surface area (Å²) in [6.07, 6.45) is 4.72. The van der Waals surface area contributed by atoms with Crippen LogP contribution in [0.2, 0.25) is 0 Å². The van der Waals surface area contributed by atoms with Crippen molar-refractivity contribution in [1.82, 2.24) is 9.88 Å². The molecular formula is C17H26N2O. The van der Waals surface area contributed by atoms with Crippen molar-refractivity contribution in [2.45, 2.75) is 33.6 Å². The van der Waals surface area contributed by atoms with E-state index in [2.05, 4.69) is 35.0 Å². The lowest BCUT2D eigenvalue weighted by Crippen LogP contribution is -2.25. The van der Waals surface area contributed by atoms with E-state index >= 15 is 0 Å². The third kappa shape index (κ3) is 3.54. The van der Waals surface area contributed by atoms with Gasteiger partial charge in [-0.3, -0.25) is 4.90 Å². The van der Waals surface area contributed by atoms with Gasteiger partial charge in [0.2, 0.25) is 0 Å². The fourth-order valence-electron chi connectivity index (χ4n) is 2.64. The van der Waals surface area contributed by atoms with Crippen LogP contribution in [-0.2, 0) is 0 Å². The molecule has 0 atom stereocenters. The smallest absolute Gasteiger partial charge is 0.121 e. The van der Waals surface area contributed by atoms with Crippen molar-refractivity contribution in [3.63, 3.8) is 0 Å². The maximum Gasteiger partial charge on any atom is 0.121 e. The van der Waals surface area contributed by atoms with Gasteiger partial charge in [-0.2, -0.15) is 0 Å². The molecule has 0 amide bonds. The average molecular weight is 274 g/mol. The minimum Gasteiger partial charge on any atom is -0.492 e. The first-order valence-corrected chi connectivity index (χ1v) is 7.76. The summed E-state index contributed by atoms with van der Waals surface area (Å²) in [6.45, 7) is 10.4. The molecule has 0 spiro atoms. The van der Waals surface area contributed by atoms with Gasteiger partial charge >= 0.3 is 0 Å². The van der Waals surface area contributed by atoms with Crippen molar-refractivity contribution in [3.8, 4) is 5.75 Å². The number of hydrogen-bond acceptors (Lipinski definition) is 2. The maximum absolute atomic E-state index is 5.82. The number of ether oxygens (including phenoxy) is 1. The number of nitrogens with zero attached hydrogens (tertiary/aromatic N) is 1. The van der Waals surface area contributed by atoms with E-state index in [1.54, 1.807) is 0 Å². The molecule has 0 saturated carbocycles. The van der Waals surface area contributed by atoms with Gasteiger partial charge in [-0.1, -0.05) is 13.8 Å². The molecule has 1 N–H and O–H groups in total. The van der Waals surface area contributed by atoms with Crippen LogP contribution in [0.3, 0.4) is 0 Å². The minimum atomic E-state index is 0.783. The molecule has 0 bridgehead atoms. The zero-order valence-electron chi connectivity index (χ0n) is 12.9. The lowest BCUT2D eigenvalue weighted by Gasteiger charge is -2.14. The Hall–Kier alpha value is -1.48. The highest BCUT2D eigenvalue weighted by Crippen LogP contribution is 2.22. The third-order valence-electron chi connectivity index (χ3n) is 3.73. The summed E-state index contributed by atoms with van der Waals surface area (Å²) in [5.74, 6) is 0.962. The number of hydrogen-bond donors (Lipinski definition) is 1. The predicted molar refractivity (Wildman–Crippen MR) is 85.6 cm³/mol. The molecule has 0 aliphatic carbocycles. The van der Waals surface area contributed by atoms with Gasteiger partial charge in [0.25, 0.3) is 0 Å². The molecule has 2 aromatic rings. The van der Waals surface area contributed by atoms with Gasteiger partial charge < -0.3 is 9.72 Å². The molecular weight excluding hydrogens is 248 g/mol. The number of aryl methyl sites for hydroxylation is 1. The van der Waals surface area contributed by atoms with Gasteiger partial charge in [0.15, 0.2) is 0 Å². The number of benzene rings is 1. The highest BCUT2D eigenvalue weighted by Gasteiger charge is 2.10. The monoisotopic (exact) mass is 274 g/mol. The summed E-state index contributed by atoms with van der Waals surface area (Å²) in [6, 6.07) is 6.28. The first-order chi connectivity index (χ1) is 9.83. The van der Waals surface area contributed by atoms with Crippen LogP contribution in [0, 0.1) is 6.92 Å². The van der Waals surface area contributed by atoms with Crippen LogP contribution in [0.5, 0.6) is 5.75 Å². The van der Waals surface area contributed by atoms with Crippen LogP contribution in [0.1, 0.15) is 32.3 Å². The first kappa shape index (κ1) is 14.9. The van der Waals surface area contributed by atoms with Gasteiger partial charge in [0.05, 0.1) is 0 Å². The van der Waals surface area contributed by atoms with E-state index in [9.17, 15) is 0 Å². The second kappa shape index (κ2) is 7.34. The van der Waals surface area contributed by atoms with Gasteiger partial charge in [-0.05, 0) is 50.6 Å². The van der Waals surface area contributed by atoms with Crippen LogP contribution in [0.25, 0.3) is 10.9 Å². The second-order valence-electron chi connectivity index (χ2n) is 5.08. The van der Waals surface area contributed by atoms with Gasteiger partial charge in [0, 0.05) is 29.7 Å². The van der Waals surface area contributed by atoms with Crippen molar-refractivity contribution in [3.05, 3.63) is 30.0 Å². The van der Waals surface area contributed by atoms with Gasteiger partial charge in [-0.15, -0.1) is 0 Å². The molecule has 1 aromatic heterocycles. The molecule has 20 heavy (non-hydrogen) atoms. The molecule has 1 aliphatic heterocycles. The topological polar surface area (TPSA) is 28.3 Å². The molecule has 1 aromatic carbocycles. The fraction of sp³-hybridized carbons (Fsp3) is 0.529. The lowest BCUT2D eigenvalue weighted by atomic mass is 10.2. The molecule has 1 fully saturated rings. The van der Waals surface area contributed by atoms with Crippen LogP contribution in [-0.4, -0.2) is 36.1 Å². The maximum atomic E-state index is 5.82. The summed E-state index contributed by atoms with van der Waals surface area (Å²) in [7, 11) is 0. The Kier molecular flexibility index (Phi) is 5.48. The number of fused-ring (bicyclic) bond motifs is 1. The summed E-state index contributed by atoms with van der Waals surface area (Å²) < 4.78 is 5.82. The Balaban J connectivity index is 0.000000704. The Morgan fingerprint density at radius 1 is 1.20 bits per heavy atom. The van der Waals surface area contributed by atoms with Crippen LogP contribution >= 0.6 is 0 Å². The molecule has 3 heteroatoms. The van der Waals surface area contributed by atoms with Crippen molar-refractivity contribution in [2.24, 2.45) is 0 Å². The molecule has 0 unspecified atom stereocenters. The standard InChI is InChI=1S/C15H20N2O.C2H6/c1-12-11-16-15-10-13(4-5-14(12)15)18-9-8-17-6-2-3-7-17;1-2/h4-5,10-11,16H,2-3,6-9H2,1H3;1-2H3. The van der Waals surface area contributed by atoms with Gasteiger partial charge in [0.1, 0.15) is 12.4 Å². The van der Waals surface area contributed by atoms with E-state index < -0.39 is 0 Å². The highest BCUT2D eigenvalue weighted by atomic mass is 16.5. The van der Waals surface area contributed by atoms with Crippen LogP contribution in [0.4, 0.5) is 0 Å². The largest absolute Gasteiger partial charge is 0.492 e.